The van der Waals surface area contributed by atoms with Crippen LogP contribution in [0.3, 0.4) is 0 Å². The highest BCUT2D eigenvalue weighted by atomic mass is 32.2. The molecule has 5 heteroatoms. The molecule has 2 nitrogen and oxygen atoms in total. The highest BCUT2D eigenvalue weighted by Gasteiger charge is 2.08. The Morgan fingerprint density at radius 3 is 2.45 bits per heavy atom. The van der Waals surface area contributed by atoms with Crippen molar-refractivity contribution in [1.29, 1.82) is 0 Å². The predicted octanol–water partition coefficient (Wildman–Crippen LogP) is 3.87. The van der Waals surface area contributed by atoms with Crippen molar-refractivity contribution in [2.45, 2.75) is 11.3 Å². The Morgan fingerprint density at radius 2 is 1.85 bits per heavy atom. The van der Waals surface area contributed by atoms with Gasteiger partial charge in [0.2, 0.25) is 5.91 Å². The number of amides is 1. The van der Waals surface area contributed by atoms with E-state index in [0.717, 1.165) is 22.6 Å². The van der Waals surface area contributed by atoms with Gasteiger partial charge in [0.05, 0.1) is 12.1 Å². The van der Waals surface area contributed by atoms with Crippen LogP contribution >= 0.6 is 11.8 Å². The summed E-state index contributed by atoms with van der Waals surface area (Å²) < 4.78 is 26.1. The van der Waals surface area contributed by atoms with Gasteiger partial charge >= 0.3 is 0 Å². The zero-order chi connectivity index (χ0) is 14.5. The minimum Gasteiger partial charge on any atom is -0.323 e. The van der Waals surface area contributed by atoms with E-state index in [4.69, 9.17) is 0 Å². The summed E-state index contributed by atoms with van der Waals surface area (Å²) in [7, 11) is 0. The molecule has 0 aromatic heterocycles. The standard InChI is InChI=1S/C15H13F2NOS/c1-20-12-5-2-10(3-6-12)8-15(19)18-14-7-4-11(16)9-13(14)17/h2-7,9H,8H2,1H3,(H,18,19). The number of anilines is 1. The molecular formula is C15H13F2NOS. The third kappa shape index (κ3) is 3.81. The first-order valence-corrected chi connectivity index (χ1v) is 7.19. The van der Waals surface area contributed by atoms with Crippen molar-refractivity contribution in [3.63, 3.8) is 0 Å². The molecule has 0 heterocycles. The monoisotopic (exact) mass is 293 g/mol. The molecule has 20 heavy (non-hydrogen) atoms. The molecule has 0 fully saturated rings. The normalized spacial score (nSPS) is 10.3. The summed E-state index contributed by atoms with van der Waals surface area (Å²) in [5.41, 5.74) is 0.819. The van der Waals surface area contributed by atoms with E-state index < -0.39 is 11.6 Å². The van der Waals surface area contributed by atoms with Gasteiger partial charge in [-0.3, -0.25) is 4.79 Å². The molecule has 0 unspecified atom stereocenters. The third-order valence-electron chi connectivity index (χ3n) is 2.73. The van der Waals surface area contributed by atoms with Gasteiger partial charge in [-0.15, -0.1) is 11.8 Å². The summed E-state index contributed by atoms with van der Waals surface area (Å²) in [5.74, 6) is -1.79. The molecule has 0 aliphatic heterocycles. The van der Waals surface area contributed by atoms with Crippen LogP contribution in [0.2, 0.25) is 0 Å². The van der Waals surface area contributed by atoms with E-state index in [1.54, 1.807) is 11.8 Å². The molecule has 0 aliphatic rings. The van der Waals surface area contributed by atoms with Gasteiger partial charge in [0, 0.05) is 11.0 Å². The largest absolute Gasteiger partial charge is 0.323 e. The summed E-state index contributed by atoms with van der Waals surface area (Å²) >= 11 is 1.62. The van der Waals surface area contributed by atoms with Crippen LogP contribution in [-0.2, 0) is 11.2 Å². The first kappa shape index (κ1) is 14.5. The SMILES string of the molecule is CSc1ccc(CC(=O)Nc2ccc(F)cc2F)cc1. The lowest BCUT2D eigenvalue weighted by atomic mass is 10.1. The van der Waals surface area contributed by atoms with Gasteiger partial charge in [0.15, 0.2) is 0 Å². The molecule has 2 rings (SSSR count). The topological polar surface area (TPSA) is 29.1 Å². The highest BCUT2D eigenvalue weighted by molar-refractivity contribution is 7.98. The van der Waals surface area contributed by atoms with Gasteiger partial charge < -0.3 is 5.32 Å². The van der Waals surface area contributed by atoms with Gasteiger partial charge in [-0.05, 0) is 36.1 Å². The number of hydrogen-bond acceptors (Lipinski definition) is 2. The highest BCUT2D eigenvalue weighted by Crippen LogP contribution is 2.17. The molecule has 0 aliphatic carbocycles. The van der Waals surface area contributed by atoms with E-state index in [1.807, 2.05) is 30.5 Å². The van der Waals surface area contributed by atoms with E-state index in [-0.39, 0.29) is 18.0 Å². The van der Waals surface area contributed by atoms with Crippen LogP contribution in [0.15, 0.2) is 47.4 Å². The van der Waals surface area contributed by atoms with Crippen molar-refractivity contribution in [2.75, 3.05) is 11.6 Å². The van der Waals surface area contributed by atoms with Gasteiger partial charge in [-0.2, -0.15) is 0 Å². The lowest BCUT2D eigenvalue weighted by Gasteiger charge is -2.07. The maximum Gasteiger partial charge on any atom is 0.228 e. The van der Waals surface area contributed by atoms with E-state index in [2.05, 4.69) is 5.32 Å². The maximum atomic E-state index is 13.4. The van der Waals surface area contributed by atoms with Crippen LogP contribution in [-0.4, -0.2) is 12.2 Å². The van der Waals surface area contributed by atoms with Crippen molar-refractivity contribution in [1.82, 2.24) is 0 Å². The smallest absolute Gasteiger partial charge is 0.228 e. The number of thioether (sulfide) groups is 1. The van der Waals surface area contributed by atoms with Crippen LogP contribution < -0.4 is 5.32 Å². The minimum atomic E-state index is -0.781. The molecule has 0 bridgehead atoms. The molecule has 1 amide bonds. The van der Waals surface area contributed by atoms with E-state index >= 15 is 0 Å². The molecule has 2 aromatic carbocycles. The Bertz CT molecular complexity index is 614. The molecule has 1 N–H and O–H groups in total. The zero-order valence-electron chi connectivity index (χ0n) is 10.8. The van der Waals surface area contributed by atoms with Crippen LogP contribution in [0.4, 0.5) is 14.5 Å². The van der Waals surface area contributed by atoms with Crippen molar-refractivity contribution in [3.05, 3.63) is 59.7 Å². The van der Waals surface area contributed by atoms with Gasteiger partial charge in [0.1, 0.15) is 11.6 Å². The second-order valence-electron chi connectivity index (χ2n) is 4.20. The summed E-state index contributed by atoms with van der Waals surface area (Å²) in [6.45, 7) is 0. The molecule has 0 radical (unpaired) electrons. The van der Waals surface area contributed by atoms with Gasteiger partial charge in [0.25, 0.3) is 0 Å². The Kier molecular flexibility index (Phi) is 4.74. The second-order valence-corrected chi connectivity index (χ2v) is 5.08. The summed E-state index contributed by atoms with van der Waals surface area (Å²) in [6.07, 6.45) is 2.12. The first-order chi connectivity index (χ1) is 9.58. The summed E-state index contributed by atoms with van der Waals surface area (Å²) in [6, 6.07) is 10.6. The summed E-state index contributed by atoms with van der Waals surface area (Å²) in [4.78, 5) is 12.9. The average molecular weight is 293 g/mol. The van der Waals surface area contributed by atoms with Gasteiger partial charge in [-0.25, -0.2) is 8.78 Å². The number of nitrogens with one attached hydrogen (secondary N) is 1. The average Bonchev–Trinajstić information content (AvgIpc) is 2.43. The molecule has 2 aromatic rings. The Balaban J connectivity index is 2.01. The first-order valence-electron chi connectivity index (χ1n) is 5.96. The predicted molar refractivity (Wildman–Crippen MR) is 76.9 cm³/mol. The third-order valence-corrected chi connectivity index (χ3v) is 3.47. The fourth-order valence-electron chi connectivity index (χ4n) is 1.71. The van der Waals surface area contributed by atoms with E-state index in [0.29, 0.717) is 0 Å². The molecule has 0 atom stereocenters. The quantitative estimate of drug-likeness (QED) is 0.867. The van der Waals surface area contributed by atoms with E-state index in [1.165, 1.54) is 6.07 Å². The molecule has 0 saturated heterocycles. The number of carbonyl (C=O) groups is 1. The second kappa shape index (κ2) is 6.52. The number of halogens is 2. The van der Waals surface area contributed by atoms with Crippen molar-refractivity contribution >= 4 is 23.4 Å². The fourth-order valence-corrected chi connectivity index (χ4v) is 2.12. The lowest BCUT2D eigenvalue weighted by molar-refractivity contribution is -0.115. The van der Waals surface area contributed by atoms with Crippen molar-refractivity contribution < 1.29 is 13.6 Å². The zero-order valence-corrected chi connectivity index (χ0v) is 11.6. The van der Waals surface area contributed by atoms with Crippen LogP contribution in [0, 0.1) is 11.6 Å². The molecular weight excluding hydrogens is 280 g/mol. The maximum absolute atomic E-state index is 13.4. The number of benzene rings is 2. The molecule has 0 spiro atoms. The molecule has 104 valence electrons. The van der Waals surface area contributed by atoms with E-state index in [9.17, 15) is 13.6 Å². The Hall–Kier alpha value is -1.88. The number of rotatable bonds is 4. The van der Waals surface area contributed by atoms with Crippen LogP contribution in [0.1, 0.15) is 5.56 Å². The number of carbonyl (C=O) groups excluding carboxylic acids is 1. The summed E-state index contributed by atoms with van der Waals surface area (Å²) in [5, 5.41) is 2.43. The fraction of sp³-hybridized carbons (Fsp3) is 0.133. The number of hydrogen-bond donors (Lipinski definition) is 1. The van der Waals surface area contributed by atoms with Crippen molar-refractivity contribution in [3.8, 4) is 0 Å². The van der Waals surface area contributed by atoms with Crippen LogP contribution in [0.25, 0.3) is 0 Å². The van der Waals surface area contributed by atoms with Crippen molar-refractivity contribution in [2.24, 2.45) is 0 Å². The minimum absolute atomic E-state index is 0.0165. The molecule has 0 saturated carbocycles. The Labute approximate surface area is 120 Å². The Morgan fingerprint density at radius 1 is 1.15 bits per heavy atom. The van der Waals surface area contributed by atoms with Crippen LogP contribution in [0.5, 0.6) is 0 Å². The lowest BCUT2D eigenvalue weighted by Crippen LogP contribution is -2.15. The van der Waals surface area contributed by atoms with Gasteiger partial charge in [-0.1, -0.05) is 12.1 Å².